The standard InChI is InChI=1S/C10H8FN3O2S/c11-8-1-3-10(4-2-8)17(15,16)14-9-5-12-7-13-6-9/h1-7,14H. The van der Waals surface area contributed by atoms with Crippen LogP contribution >= 0.6 is 0 Å². The molecule has 0 saturated carbocycles. The second-order valence-corrected chi connectivity index (χ2v) is 4.87. The summed E-state index contributed by atoms with van der Waals surface area (Å²) in [6.07, 6.45) is 3.94. The summed E-state index contributed by atoms with van der Waals surface area (Å²) in [6, 6.07) is 4.52. The number of nitrogens with one attached hydrogen (secondary N) is 1. The molecule has 1 aromatic heterocycles. The van der Waals surface area contributed by atoms with Gasteiger partial charge < -0.3 is 0 Å². The zero-order valence-electron chi connectivity index (χ0n) is 8.54. The van der Waals surface area contributed by atoms with Crippen molar-refractivity contribution in [1.82, 2.24) is 9.97 Å². The van der Waals surface area contributed by atoms with Crippen molar-refractivity contribution in [2.45, 2.75) is 4.90 Å². The lowest BCUT2D eigenvalue weighted by atomic mass is 10.4. The summed E-state index contributed by atoms with van der Waals surface area (Å²) in [7, 11) is -3.73. The Bertz CT molecular complexity index is 599. The van der Waals surface area contributed by atoms with Gasteiger partial charge in [0.2, 0.25) is 0 Å². The lowest BCUT2D eigenvalue weighted by Gasteiger charge is -2.06. The molecule has 88 valence electrons. The summed E-state index contributed by atoms with van der Waals surface area (Å²) in [4.78, 5) is 7.33. The molecule has 0 saturated heterocycles. The van der Waals surface area contributed by atoms with E-state index in [0.717, 1.165) is 12.1 Å². The van der Waals surface area contributed by atoms with Gasteiger partial charge in [0, 0.05) is 0 Å². The fraction of sp³-hybridized carbons (Fsp3) is 0. The van der Waals surface area contributed by atoms with E-state index < -0.39 is 15.8 Å². The van der Waals surface area contributed by atoms with Crippen LogP contribution in [0, 0.1) is 5.82 Å². The molecular formula is C10H8FN3O2S. The first-order chi connectivity index (χ1) is 8.08. The molecule has 0 aliphatic carbocycles. The number of hydrogen-bond donors (Lipinski definition) is 1. The number of aromatic nitrogens is 2. The number of halogens is 1. The Morgan fingerprint density at radius 2 is 1.65 bits per heavy atom. The fourth-order valence-corrected chi connectivity index (χ4v) is 2.21. The maximum Gasteiger partial charge on any atom is 0.261 e. The Morgan fingerprint density at radius 3 is 2.24 bits per heavy atom. The molecule has 2 aromatic rings. The maximum atomic E-state index is 12.7. The van der Waals surface area contributed by atoms with E-state index in [1.165, 1.54) is 30.9 Å². The van der Waals surface area contributed by atoms with Crippen molar-refractivity contribution in [3.8, 4) is 0 Å². The second-order valence-electron chi connectivity index (χ2n) is 3.19. The van der Waals surface area contributed by atoms with Crippen LogP contribution in [0.3, 0.4) is 0 Å². The molecule has 1 heterocycles. The van der Waals surface area contributed by atoms with Crippen molar-refractivity contribution in [2.24, 2.45) is 0 Å². The smallest absolute Gasteiger partial charge is 0.261 e. The van der Waals surface area contributed by atoms with Gasteiger partial charge in [-0.15, -0.1) is 0 Å². The van der Waals surface area contributed by atoms with Gasteiger partial charge in [0.15, 0.2) is 0 Å². The quantitative estimate of drug-likeness (QED) is 0.897. The van der Waals surface area contributed by atoms with Crippen molar-refractivity contribution < 1.29 is 12.8 Å². The monoisotopic (exact) mass is 253 g/mol. The highest BCUT2D eigenvalue weighted by molar-refractivity contribution is 7.92. The molecule has 0 aliphatic heterocycles. The minimum atomic E-state index is -3.73. The number of sulfonamides is 1. The number of rotatable bonds is 3. The third kappa shape index (κ3) is 2.76. The van der Waals surface area contributed by atoms with Gasteiger partial charge in [0.25, 0.3) is 10.0 Å². The first kappa shape index (κ1) is 11.5. The maximum absolute atomic E-state index is 12.7. The molecule has 7 heteroatoms. The Hall–Kier alpha value is -2.02. The fourth-order valence-electron chi connectivity index (χ4n) is 1.18. The minimum absolute atomic E-state index is 0.0252. The van der Waals surface area contributed by atoms with Crippen LogP contribution in [0.4, 0.5) is 10.1 Å². The highest BCUT2D eigenvalue weighted by atomic mass is 32.2. The Kier molecular flexibility index (Phi) is 3.01. The predicted molar refractivity (Wildman–Crippen MR) is 59.2 cm³/mol. The molecule has 0 fully saturated rings. The van der Waals surface area contributed by atoms with Crippen molar-refractivity contribution in [3.05, 3.63) is 48.8 Å². The molecule has 1 N–H and O–H groups in total. The topological polar surface area (TPSA) is 72.0 Å². The lowest BCUT2D eigenvalue weighted by Crippen LogP contribution is -2.13. The molecule has 1 aromatic carbocycles. The van der Waals surface area contributed by atoms with Crippen molar-refractivity contribution >= 4 is 15.7 Å². The summed E-state index contributed by atoms with van der Waals surface area (Å²) in [6.45, 7) is 0. The van der Waals surface area contributed by atoms with Gasteiger partial charge in [0.1, 0.15) is 12.1 Å². The minimum Gasteiger partial charge on any atom is -0.276 e. The molecular weight excluding hydrogens is 245 g/mol. The predicted octanol–water partition coefficient (Wildman–Crippen LogP) is 1.42. The first-order valence-corrected chi connectivity index (χ1v) is 6.10. The Morgan fingerprint density at radius 1 is 1.06 bits per heavy atom. The van der Waals surface area contributed by atoms with Crippen LogP contribution in [0.2, 0.25) is 0 Å². The number of hydrogen-bond acceptors (Lipinski definition) is 4. The summed E-state index contributed by atoms with van der Waals surface area (Å²) >= 11 is 0. The number of nitrogens with zero attached hydrogens (tertiary/aromatic N) is 2. The average Bonchev–Trinajstić information content (AvgIpc) is 2.30. The molecule has 0 atom stereocenters. The molecule has 0 bridgehead atoms. The largest absolute Gasteiger partial charge is 0.276 e. The van der Waals surface area contributed by atoms with Crippen LogP contribution in [0.1, 0.15) is 0 Å². The van der Waals surface area contributed by atoms with Crippen LogP contribution in [-0.2, 0) is 10.0 Å². The van der Waals surface area contributed by atoms with E-state index in [4.69, 9.17) is 0 Å². The number of anilines is 1. The normalized spacial score (nSPS) is 11.1. The molecule has 0 aliphatic rings. The van der Waals surface area contributed by atoms with Gasteiger partial charge >= 0.3 is 0 Å². The molecule has 0 amide bonds. The summed E-state index contributed by atoms with van der Waals surface area (Å²) < 4.78 is 38.6. The van der Waals surface area contributed by atoms with Crippen molar-refractivity contribution in [2.75, 3.05) is 4.72 Å². The lowest BCUT2D eigenvalue weighted by molar-refractivity contribution is 0.599. The van der Waals surface area contributed by atoms with E-state index in [0.29, 0.717) is 0 Å². The van der Waals surface area contributed by atoms with E-state index in [1.54, 1.807) is 0 Å². The highest BCUT2D eigenvalue weighted by Gasteiger charge is 2.13. The van der Waals surface area contributed by atoms with Gasteiger partial charge in [-0.3, -0.25) is 4.72 Å². The van der Waals surface area contributed by atoms with Crippen LogP contribution in [0.25, 0.3) is 0 Å². The van der Waals surface area contributed by atoms with Gasteiger partial charge in [-0.2, -0.15) is 0 Å². The molecule has 17 heavy (non-hydrogen) atoms. The van der Waals surface area contributed by atoms with Crippen LogP contribution in [0.5, 0.6) is 0 Å². The first-order valence-electron chi connectivity index (χ1n) is 4.61. The van der Waals surface area contributed by atoms with Crippen molar-refractivity contribution in [1.29, 1.82) is 0 Å². The van der Waals surface area contributed by atoms with Gasteiger partial charge in [-0.1, -0.05) is 0 Å². The second kappa shape index (κ2) is 4.46. The zero-order valence-corrected chi connectivity index (χ0v) is 9.36. The summed E-state index contributed by atoms with van der Waals surface area (Å²) in [5.41, 5.74) is 0.247. The summed E-state index contributed by atoms with van der Waals surface area (Å²) in [5.74, 6) is -0.494. The van der Waals surface area contributed by atoms with Gasteiger partial charge in [-0.05, 0) is 24.3 Å². The number of benzene rings is 1. The third-order valence-electron chi connectivity index (χ3n) is 1.94. The molecule has 0 spiro atoms. The zero-order chi connectivity index (χ0) is 12.3. The van der Waals surface area contributed by atoms with Crippen LogP contribution in [0.15, 0.2) is 47.9 Å². The van der Waals surface area contributed by atoms with E-state index in [-0.39, 0.29) is 10.6 Å². The van der Waals surface area contributed by atoms with E-state index in [1.807, 2.05) is 0 Å². The van der Waals surface area contributed by atoms with E-state index >= 15 is 0 Å². The Labute approximate surface area is 97.4 Å². The van der Waals surface area contributed by atoms with E-state index in [9.17, 15) is 12.8 Å². The van der Waals surface area contributed by atoms with Crippen molar-refractivity contribution in [3.63, 3.8) is 0 Å². The Balaban J connectivity index is 2.29. The van der Waals surface area contributed by atoms with Crippen LogP contribution in [-0.4, -0.2) is 18.4 Å². The highest BCUT2D eigenvalue weighted by Crippen LogP contribution is 2.14. The van der Waals surface area contributed by atoms with Gasteiger partial charge in [0.05, 0.1) is 23.0 Å². The molecule has 0 unspecified atom stereocenters. The SMILES string of the molecule is O=S(=O)(Nc1cncnc1)c1ccc(F)cc1. The molecule has 2 rings (SSSR count). The molecule has 0 radical (unpaired) electrons. The average molecular weight is 253 g/mol. The third-order valence-corrected chi connectivity index (χ3v) is 3.33. The van der Waals surface area contributed by atoms with Gasteiger partial charge in [-0.25, -0.2) is 22.8 Å². The van der Waals surface area contributed by atoms with E-state index in [2.05, 4.69) is 14.7 Å². The van der Waals surface area contributed by atoms with Crippen LogP contribution < -0.4 is 4.72 Å². The molecule has 5 nitrogen and oxygen atoms in total. The summed E-state index contributed by atoms with van der Waals surface area (Å²) in [5, 5.41) is 0.